The second kappa shape index (κ2) is 8.08. The maximum atomic E-state index is 14.2. The quantitative estimate of drug-likeness (QED) is 0.772. The lowest BCUT2D eigenvalue weighted by Crippen LogP contribution is -2.51. The van der Waals surface area contributed by atoms with Gasteiger partial charge in [0.05, 0.1) is 19.6 Å². The Balaban J connectivity index is 1.86. The Morgan fingerprint density at radius 2 is 1.96 bits per heavy atom. The topological polar surface area (TPSA) is 55.8 Å². The summed E-state index contributed by atoms with van der Waals surface area (Å²) < 4.78 is 38.2. The molecule has 1 atom stereocenters. The third-order valence-corrected chi connectivity index (χ3v) is 3.93. The monoisotopic (exact) mass is 341 g/mol. The fourth-order valence-corrected chi connectivity index (χ4v) is 2.62. The Hall–Kier alpha value is -2.18. The number of nitrogens with zero attached hydrogens (tertiary/aromatic N) is 1. The third kappa shape index (κ3) is 4.91. The molecule has 7 heteroatoms. The van der Waals surface area contributed by atoms with Gasteiger partial charge in [-0.15, -0.1) is 0 Å². The number of hydrogen-bond donors (Lipinski definition) is 0. The highest BCUT2D eigenvalue weighted by molar-refractivity contribution is 5.70. The zero-order valence-electron chi connectivity index (χ0n) is 13.5. The second-order valence-electron chi connectivity index (χ2n) is 5.72. The number of carbonyl (C=O) groups excluding carboxylic acids is 2. The van der Waals surface area contributed by atoms with E-state index in [1.165, 1.54) is 0 Å². The first-order chi connectivity index (χ1) is 11.4. The van der Waals surface area contributed by atoms with Crippen molar-refractivity contribution in [2.45, 2.75) is 32.3 Å². The van der Waals surface area contributed by atoms with Crippen LogP contribution in [0, 0.1) is 5.92 Å². The summed E-state index contributed by atoms with van der Waals surface area (Å²) in [5.41, 5.74) is 0.787. The van der Waals surface area contributed by atoms with Gasteiger partial charge in [0.2, 0.25) is 0 Å². The number of piperidine rings is 1. The highest BCUT2D eigenvalue weighted by Gasteiger charge is 2.47. The van der Waals surface area contributed by atoms with E-state index in [1.807, 2.05) is 6.07 Å². The Kier molecular flexibility index (Phi) is 6.11. The minimum Gasteiger partial charge on any atom is -0.466 e. The highest BCUT2D eigenvalue weighted by atomic mass is 19.3. The summed E-state index contributed by atoms with van der Waals surface area (Å²) in [7, 11) is 0. The summed E-state index contributed by atoms with van der Waals surface area (Å²) in [5, 5.41) is 0. The molecule has 0 N–H and O–H groups in total. The van der Waals surface area contributed by atoms with Crippen LogP contribution in [0.1, 0.15) is 25.3 Å². The summed E-state index contributed by atoms with van der Waals surface area (Å²) in [6, 6.07) is 9.01. The number of hydrogen-bond acceptors (Lipinski definition) is 4. The van der Waals surface area contributed by atoms with E-state index in [1.54, 1.807) is 31.2 Å². The number of benzene rings is 1. The molecule has 0 aliphatic carbocycles. The summed E-state index contributed by atoms with van der Waals surface area (Å²) >= 11 is 0. The standard InChI is InChI=1S/C17H21F2NO4/c1-2-23-15(21)10-14-8-9-20(12-17(14,18)19)16(22)24-11-13-6-4-3-5-7-13/h3-7,14H,2,8-12H2,1H3/t14-/m0/s1. The number of carbonyl (C=O) groups is 2. The number of ether oxygens (including phenoxy) is 2. The van der Waals surface area contributed by atoms with Crippen molar-refractivity contribution in [3.63, 3.8) is 0 Å². The van der Waals surface area contributed by atoms with Crippen LogP contribution in [-0.4, -0.2) is 42.6 Å². The van der Waals surface area contributed by atoms with Crippen molar-refractivity contribution in [2.75, 3.05) is 19.7 Å². The Labute approximate surface area is 139 Å². The molecule has 0 unspecified atom stereocenters. The van der Waals surface area contributed by atoms with Gasteiger partial charge in [-0.2, -0.15) is 0 Å². The highest BCUT2D eigenvalue weighted by Crippen LogP contribution is 2.35. The molecule has 0 radical (unpaired) electrons. The number of esters is 1. The van der Waals surface area contributed by atoms with E-state index in [0.717, 1.165) is 10.5 Å². The molecular weight excluding hydrogens is 320 g/mol. The smallest absolute Gasteiger partial charge is 0.410 e. The van der Waals surface area contributed by atoms with E-state index in [4.69, 9.17) is 9.47 Å². The first-order valence-corrected chi connectivity index (χ1v) is 7.91. The van der Waals surface area contributed by atoms with E-state index in [0.29, 0.717) is 0 Å². The maximum Gasteiger partial charge on any atom is 0.410 e. The molecule has 5 nitrogen and oxygen atoms in total. The Morgan fingerprint density at radius 3 is 2.58 bits per heavy atom. The van der Waals surface area contributed by atoms with Crippen LogP contribution in [0.2, 0.25) is 0 Å². The average Bonchev–Trinajstić information content (AvgIpc) is 2.55. The van der Waals surface area contributed by atoms with E-state index in [-0.39, 0.29) is 32.6 Å². The molecule has 1 aromatic rings. The first-order valence-electron chi connectivity index (χ1n) is 7.91. The fourth-order valence-electron chi connectivity index (χ4n) is 2.62. The summed E-state index contributed by atoms with van der Waals surface area (Å²) in [5.74, 6) is -4.89. The number of likely N-dealkylation sites (tertiary alicyclic amines) is 1. The van der Waals surface area contributed by atoms with Gasteiger partial charge in [0, 0.05) is 12.5 Å². The first kappa shape index (κ1) is 18.2. The zero-order valence-corrected chi connectivity index (χ0v) is 13.5. The summed E-state index contributed by atoms with van der Waals surface area (Å²) in [6.07, 6.45) is -1.08. The van der Waals surface area contributed by atoms with Crippen molar-refractivity contribution >= 4 is 12.1 Å². The van der Waals surface area contributed by atoms with Gasteiger partial charge in [-0.25, -0.2) is 13.6 Å². The molecular formula is C17H21F2NO4. The molecule has 0 aromatic heterocycles. The van der Waals surface area contributed by atoms with Gasteiger partial charge >= 0.3 is 12.1 Å². The lowest BCUT2D eigenvalue weighted by atomic mass is 9.90. The van der Waals surface area contributed by atoms with Crippen LogP contribution in [0.25, 0.3) is 0 Å². The third-order valence-electron chi connectivity index (χ3n) is 3.93. The molecule has 1 aliphatic heterocycles. The predicted octanol–water partition coefficient (Wildman–Crippen LogP) is 3.23. The molecule has 0 bridgehead atoms. The van der Waals surface area contributed by atoms with Crippen molar-refractivity contribution in [3.8, 4) is 0 Å². The molecule has 2 rings (SSSR count). The van der Waals surface area contributed by atoms with Crippen LogP contribution in [0.4, 0.5) is 13.6 Å². The van der Waals surface area contributed by atoms with Gasteiger partial charge in [0.1, 0.15) is 6.61 Å². The molecule has 1 saturated heterocycles. The fraction of sp³-hybridized carbons (Fsp3) is 0.529. The Morgan fingerprint density at radius 1 is 1.25 bits per heavy atom. The van der Waals surface area contributed by atoms with Gasteiger partial charge < -0.3 is 14.4 Å². The number of alkyl halides is 2. The van der Waals surface area contributed by atoms with Crippen LogP contribution in [0.15, 0.2) is 30.3 Å². The lowest BCUT2D eigenvalue weighted by molar-refractivity contribution is -0.153. The van der Waals surface area contributed by atoms with Crippen molar-refractivity contribution < 1.29 is 27.8 Å². The van der Waals surface area contributed by atoms with Gasteiger partial charge in [-0.1, -0.05) is 30.3 Å². The molecule has 132 valence electrons. The van der Waals surface area contributed by atoms with E-state index in [9.17, 15) is 18.4 Å². The van der Waals surface area contributed by atoms with Crippen molar-refractivity contribution in [1.29, 1.82) is 0 Å². The minimum atomic E-state index is -3.14. The molecule has 1 fully saturated rings. The van der Waals surface area contributed by atoms with Crippen LogP contribution in [0.5, 0.6) is 0 Å². The van der Waals surface area contributed by atoms with E-state index in [2.05, 4.69) is 0 Å². The molecule has 1 heterocycles. The average molecular weight is 341 g/mol. The molecule has 1 aromatic carbocycles. The van der Waals surface area contributed by atoms with Crippen LogP contribution >= 0.6 is 0 Å². The molecule has 24 heavy (non-hydrogen) atoms. The van der Waals surface area contributed by atoms with Gasteiger partial charge in [-0.05, 0) is 18.9 Å². The number of rotatable bonds is 5. The van der Waals surface area contributed by atoms with E-state index >= 15 is 0 Å². The van der Waals surface area contributed by atoms with Crippen molar-refractivity contribution in [1.82, 2.24) is 4.90 Å². The van der Waals surface area contributed by atoms with Crippen molar-refractivity contribution in [2.24, 2.45) is 5.92 Å². The van der Waals surface area contributed by atoms with Crippen LogP contribution in [-0.2, 0) is 20.9 Å². The van der Waals surface area contributed by atoms with Crippen molar-refractivity contribution in [3.05, 3.63) is 35.9 Å². The zero-order chi connectivity index (χ0) is 17.6. The Bertz CT molecular complexity index is 565. The molecule has 0 spiro atoms. The molecule has 0 saturated carbocycles. The van der Waals surface area contributed by atoms with E-state index < -0.39 is 30.4 Å². The molecule has 1 aliphatic rings. The number of amides is 1. The second-order valence-corrected chi connectivity index (χ2v) is 5.72. The largest absolute Gasteiger partial charge is 0.466 e. The lowest BCUT2D eigenvalue weighted by Gasteiger charge is -2.37. The molecule has 1 amide bonds. The van der Waals surface area contributed by atoms with Crippen LogP contribution in [0.3, 0.4) is 0 Å². The summed E-state index contributed by atoms with van der Waals surface area (Å²) in [6.45, 7) is 1.21. The minimum absolute atomic E-state index is 0.0340. The van der Waals surface area contributed by atoms with Gasteiger partial charge in [0.15, 0.2) is 0 Å². The van der Waals surface area contributed by atoms with Gasteiger partial charge in [0.25, 0.3) is 5.92 Å². The number of halogens is 2. The van der Waals surface area contributed by atoms with Crippen LogP contribution < -0.4 is 0 Å². The van der Waals surface area contributed by atoms with Gasteiger partial charge in [-0.3, -0.25) is 4.79 Å². The predicted molar refractivity (Wildman–Crippen MR) is 82.5 cm³/mol. The normalized spacial score (nSPS) is 19.6. The summed E-state index contributed by atoms with van der Waals surface area (Å²) in [4.78, 5) is 24.4. The maximum absolute atomic E-state index is 14.2. The SMILES string of the molecule is CCOC(=O)C[C@@H]1CCN(C(=O)OCc2ccccc2)CC1(F)F.